The number of hydrogen-bond donors (Lipinski definition) is 0. The summed E-state index contributed by atoms with van der Waals surface area (Å²) in [5.74, 6) is 0.00144. The minimum atomic E-state index is -0.0460. The van der Waals surface area contributed by atoms with Crippen LogP contribution in [0.2, 0.25) is 0 Å². The van der Waals surface area contributed by atoms with Crippen molar-refractivity contribution in [2.75, 3.05) is 26.0 Å². The number of anilines is 1. The molecule has 0 N–H and O–H groups in total. The Labute approximate surface area is 153 Å². The highest BCUT2D eigenvalue weighted by Gasteiger charge is 2.19. The first-order valence-corrected chi connectivity index (χ1v) is 8.47. The molecule has 134 valence electrons. The molecule has 26 heavy (non-hydrogen) atoms. The van der Waals surface area contributed by atoms with Gasteiger partial charge in [0, 0.05) is 32.4 Å². The van der Waals surface area contributed by atoms with Gasteiger partial charge < -0.3 is 9.80 Å². The topological polar surface area (TPSA) is 54.3 Å². The summed E-state index contributed by atoms with van der Waals surface area (Å²) in [5.41, 5.74) is 3.69. The van der Waals surface area contributed by atoms with Gasteiger partial charge in [-0.3, -0.25) is 4.79 Å². The first-order valence-electron chi connectivity index (χ1n) is 8.47. The molecule has 0 aliphatic rings. The Morgan fingerprint density at radius 3 is 2.42 bits per heavy atom. The minimum Gasteiger partial charge on any atom is -0.378 e. The maximum Gasteiger partial charge on any atom is 0.254 e. The lowest BCUT2D eigenvalue weighted by Gasteiger charge is -2.26. The van der Waals surface area contributed by atoms with Crippen molar-refractivity contribution in [3.05, 3.63) is 72.3 Å². The van der Waals surface area contributed by atoms with Gasteiger partial charge in [-0.25, -0.2) is 9.67 Å². The van der Waals surface area contributed by atoms with E-state index < -0.39 is 0 Å². The number of aromatic nitrogens is 3. The van der Waals surface area contributed by atoms with E-state index in [9.17, 15) is 4.79 Å². The highest BCUT2D eigenvalue weighted by Crippen LogP contribution is 2.23. The van der Waals surface area contributed by atoms with E-state index >= 15 is 0 Å². The fourth-order valence-corrected chi connectivity index (χ4v) is 2.77. The highest BCUT2D eigenvalue weighted by atomic mass is 16.2. The summed E-state index contributed by atoms with van der Waals surface area (Å²) >= 11 is 0. The first kappa shape index (κ1) is 17.7. The summed E-state index contributed by atoms with van der Waals surface area (Å²) in [7, 11) is 5.76. The molecule has 1 amide bonds. The lowest BCUT2D eigenvalue weighted by molar-refractivity contribution is 0.0742. The van der Waals surface area contributed by atoms with Gasteiger partial charge in [0.2, 0.25) is 0 Å². The molecular formula is C20H23N5O. The third-order valence-electron chi connectivity index (χ3n) is 4.57. The van der Waals surface area contributed by atoms with Gasteiger partial charge in [-0.1, -0.05) is 18.2 Å². The molecule has 0 saturated carbocycles. The fourth-order valence-electron chi connectivity index (χ4n) is 2.77. The van der Waals surface area contributed by atoms with E-state index in [4.69, 9.17) is 0 Å². The number of benzene rings is 2. The van der Waals surface area contributed by atoms with Crippen molar-refractivity contribution in [1.82, 2.24) is 19.7 Å². The average Bonchev–Trinajstić information content (AvgIpc) is 3.21. The van der Waals surface area contributed by atoms with Crippen molar-refractivity contribution in [3.63, 3.8) is 0 Å². The van der Waals surface area contributed by atoms with Gasteiger partial charge in [-0.2, -0.15) is 5.10 Å². The fraction of sp³-hybridized carbons (Fsp3) is 0.250. The number of carbonyl (C=O) groups is 1. The molecule has 0 spiro atoms. The van der Waals surface area contributed by atoms with Crippen molar-refractivity contribution < 1.29 is 4.79 Å². The van der Waals surface area contributed by atoms with Crippen LogP contribution in [0.15, 0.2) is 61.2 Å². The summed E-state index contributed by atoms with van der Waals surface area (Å²) in [6.07, 6.45) is 3.16. The Kier molecular flexibility index (Phi) is 5.02. The second kappa shape index (κ2) is 7.39. The summed E-state index contributed by atoms with van der Waals surface area (Å²) in [6.45, 7) is 2.03. The van der Waals surface area contributed by atoms with Gasteiger partial charge in [0.15, 0.2) is 0 Å². The quantitative estimate of drug-likeness (QED) is 0.710. The lowest BCUT2D eigenvalue weighted by Crippen LogP contribution is -2.29. The molecule has 6 nitrogen and oxygen atoms in total. The molecule has 3 rings (SSSR count). The van der Waals surface area contributed by atoms with Crippen molar-refractivity contribution in [3.8, 4) is 5.69 Å². The minimum absolute atomic E-state index is 0.00144. The maximum absolute atomic E-state index is 12.9. The van der Waals surface area contributed by atoms with Crippen molar-refractivity contribution in [2.24, 2.45) is 0 Å². The normalized spacial score (nSPS) is 11.8. The van der Waals surface area contributed by atoms with E-state index in [2.05, 4.69) is 10.1 Å². The molecular weight excluding hydrogens is 326 g/mol. The second-order valence-electron chi connectivity index (χ2n) is 6.47. The van der Waals surface area contributed by atoms with Crippen LogP contribution in [0.5, 0.6) is 0 Å². The molecule has 0 aliphatic carbocycles. The summed E-state index contributed by atoms with van der Waals surface area (Å²) < 4.78 is 1.70. The summed E-state index contributed by atoms with van der Waals surface area (Å²) in [4.78, 5) is 20.6. The molecule has 0 fully saturated rings. The zero-order valence-electron chi connectivity index (χ0n) is 15.5. The Morgan fingerprint density at radius 2 is 1.81 bits per heavy atom. The third-order valence-corrected chi connectivity index (χ3v) is 4.57. The van der Waals surface area contributed by atoms with Crippen molar-refractivity contribution in [2.45, 2.75) is 13.0 Å². The molecule has 0 bridgehead atoms. The predicted molar refractivity (Wildman–Crippen MR) is 103 cm³/mol. The lowest BCUT2D eigenvalue weighted by atomic mass is 10.1. The summed E-state index contributed by atoms with van der Waals surface area (Å²) in [6, 6.07) is 15.6. The zero-order chi connectivity index (χ0) is 18.7. The Balaban J connectivity index is 1.77. The van der Waals surface area contributed by atoms with Gasteiger partial charge in [0.05, 0.1) is 11.7 Å². The molecule has 0 radical (unpaired) electrons. The SMILES string of the molecule is C[C@H](c1ccc(-n2cncn2)cc1)N(C)C(=O)c1cccc(N(C)C)c1. The molecule has 0 aliphatic heterocycles. The Bertz CT molecular complexity index is 871. The zero-order valence-corrected chi connectivity index (χ0v) is 15.5. The monoisotopic (exact) mass is 349 g/mol. The van der Waals surface area contributed by atoms with Crippen LogP contribution in [0.25, 0.3) is 5.69 Å². The maximum atomic E-state index is 12.9. The smallest absolute Gasteiger partial charge is 0.254 e. The molecule has 6 heteroatoms. The van der Waals surface area contributed by atoms with E-state index in [1.165, 1.54) is 6.33 Å². The van der Waals surface area contributed by atoms with Crippen LogP contribution in [0.3, 0.4) is 0 Å². The van der Waals surface area contributed by atoms with Gasteiger partial charge in [0.1, 0.15) is 12.7 Å². The van der Waals surface area contributed by atoms with Crippen LogP contribution in [0, 0.1) is 0 Å². The molecule has 0 saturated heterocycles. The second-order valence-corrected chi connectivity index (χ2v) is 6.47. The molecule has 2 aromatic carbocycles. The standard InChI is InChI=1S/C20H23N5O/c1-15(16-8-10-18(11-9-16)25-14-21-13-22-25)24(4)20(26)17-6-5-7-19(12-17)23(2)3/h5-15H,1-4H3/t15-/m1/s1. The number of nitrogens with zero attached hydrogens (tertiary/aromatic N) is 5. The number of hydrogen-bond acceptors (Lipinski definition) is 4. The van der Waals surface area contributed by atoms with Crippen LogP contribution in [-0.2, 0) is 0 Å². The molecule has 1 heterocycles. The van der Waals surface area contributed by atoms with E-state index in [0.29, 0.717) is 5.56 Å². The van der Waals surface area contributed by atoms with Crippen LogP contribution >= 0.6 is 0 Å². The average molecular weight is 349 g/mol. The van der Waals surface area contributed by atoms with Gasteiger partial charge in [-0.05, 0) is 42.8 Å². The predicted octanol–water partition coefficient (Wildman–Crippen LogP) is 3.17. The van der Waals surface area contributed by atoms with Gasteiger partial charge in [-0.15, -0.1) is 0 Å². The van der Waals surface area contributed by atoms with E-state index in [-0.39, 0.29) is 11.9 Å². The van der Waals surface area contributed by atoms with Gasteiger partial charge in [0.25, 0.3) is 5.91 Å². The highest BCUT2D eigenvalue weighted by molar-refractivity contribution is 5.95. The molecule has 0 unspecified atom stereocenters. The molecule has 3 aromatic rings. The van der Waals surface area contributed by atoms with Crippen molar-refractivity contribution >= 4 is 11.6 Å². The van der Waals surface area contributed by atoms with Crippen LogP contribution in [0.4, 0.5) is 5.69 Å². The van der Waals surface area contributed by atoms with E-state index in [0.717, 1.165) is 16.9 Å². The van der Waals surface area contributed by atoms with Crippen molar-refractivity contribution in [1.29, 1.82) is 0 Å². The van der Waals surface area contributed by atoms with Crippen LogP contribution in [0.1, 0.15) is 28.9 Å². The van der Waals surface area contributed by atoms with Crippen LogP contribution < -0.4 is 4.90 Å². The van der Waals surface area contributed by atoms with E-state index in [1.54, 1.807) is 15.9 Å². The van der Waals surface area contributed by atoms with E-state index in [1.807, 2.05) is 81.5 Å². The Morgan fingerprint density at radius 1 is 1.08 bits per heavy atom. The summed E-state index contributed by atoms with van der Waals surface area (Å²) in [5, 5.41) is 4.12. The van der Waals surface area contributed by atoms with Crippen LogP contribution in [-0.4, -0.2) is 46.7 Å². The number of carbonyl (C=O) groups excluding carboxylic acids is 1. The Hall–Kier alpha value is -3.15. The molecule has 1 aromatic heterocycles. The van der Waals surface area contributed by atoms with Gasteiger partial charge >= 0.3 is 0 Å². The molecule has 1 atom stereocenters. The number of amides is 1. The number of rotatable bonds is 5. The third kappa shape index (κ3) is 3.59. The largest absolute Gasteiger partial charge is 0.378 e. The first-order chi connectivity index (χ1) is 12.5.